The number of hydrogen-bond donors (Lipinski definition) is 1. The third-order valence-electron chi connectivity index (χ3n) is 5.04. The van der Waals surface area contributed by atoms with Crippen molar-refractivity contribution in [2.24, 2.45) is 0 Å². The minimum Gasteiger partial charge on any atom is -0.419 e. The summed E-state index contributed by atoms with van der Waals surface area (Å²) in [6.45, 7) is 4.83. The van der Waals surface area contributed by atoms with Crippen LogP contribution < -0.4 is 5.32 Å². The summed E-state index contributed by atoms with van der Waals surface area (Å²) in [5.74, 6) is 0.432. The van der Waals surface area contributed by atoms with Gasteiger partial charge in [-0.05, 0) is 49.4 Å². The van der Waals surface area contributed by atoms with Crippen molar-refractivity contribution >= 4 is 31.7 Å². The monoisotopic (exact) mass is 505 g/mol. The summed E-state index contributed by atoms with van der Waals surface area (Å²) in [5.41, 5.74) is 0.703. The van der Waals surface area contributed by atoms with E-state index in [0.29, 0.717) is 12.1 Å². The molecule has 7 nitrogen and oxygen atoms in total. The van der Waals surface area contributed by atoms with E-state index in [1.807, 2.05) is 24.3 Å². The van der Waals surface area contributed by atoms with Gasteiger partial charge in [-0.3, -0.25) is 4.90 Å². The number of ether oxygens (including phenoxy) is 1. The van der Waals surface area contributed by atoms with Crippen molar-refractivity contribution in [2.45, 2.75) is 16.3 Å². The third kappa shape index (κ3) is 5.35. The van der Waals surface area contributed by atoms with E-state index < -0.39 is 9.84 Å². The summed E-state index contributed by atoms with van der Waals surface area (Å²) in [6, 6.07) is 15.7. The quantitative estimate of drug-likeness (QED) is 0.461. The highest BCUT2D eigenvalue weighted by molar-refractivity contribution is 9.10. The molecule has 0 unspecified atom stereocenters. The lowest BCUT2D eigenvalue weighted by Gasteiger charge is -2.26. The zero-order valence-electron chi connectivity index (χ0n) is 17.0. The fourth-order valence-electron chi connectivity index (χ4n) is 3.36. The Kier molecular flexibility index (Phi) is 7.06. The van der Waals surface area contributed by atoms with Gasteiger partial charge in [0.15, 0.2) is 0 Å². The molecule has 0 aliphatic carbocycles. The van der Waals surface area contributed by atoms with E-state index in [1.165, 1.54) is 0 Å². The van der Waals surface area contributed by atoms with E-state index >= 15 is 0 Å². The van der Waals surface area contributed by atoms with Gasteiger partial charge in [0, 0.05) is 29.7 Å². The van der Waals surface area contributed by atoms with Crippen LogP contribution in [-0.4, -0.2) is 57.7 Å². The summed E-state index contributed by atoms with van der Waals surface area (Å²) in [6.07, 6.45) is 0.846. The van der Waals surface area contributed by atoms with Gasteiger partial charge in [-0.2, -0.15) is 4.98 Å². The summed E-state index contributed by atoms with van der Waals surface area (Å²) >= 11 is 3.40. The largest absolute Gasteiger partial charge is 0.419 e. The molecule has 1 N–H and O–H groups in total. The molecule has 0 spiro atoms. The van der Waals surface area contributed by atoms with Crippen molar-refractivity contribution < 1.29 is 17.6 Å². The number of nitrogens with one attached hydrogen (secondary N) is 1. The molecule has 3 aromatic rings. The number of morpholine rings is 1. The molecular formula is C22H24BrN3O4S. The second-order valence-corrected chi connectivity index (χ2v) is 9.99. The van der Waals surface area contributed by atoms with Crippen LogP contribution in [0, 0.1) is 0 Å². The molecule has 164 valence electrons. The Labute approximate surface area is 190 Å². The van der Waals surface area contributed by atoms with Gasteiger partial charge in [-0.15, -0.1) is 0 Å². The van der Waals surface area contributed by atoms with Gasteiger partial charge < -0.3 is 14.5 Å². The summed E-state index contributed by atoms with van der Waals surface area (Å²) < 4.78 is 38.7. The Bertz CT molecular complexity index is 1100. The Morgan fingerprint density at radius 3 is 2.45 bits per heavy atom. The standard InChI is InChI=1S/C22H24BrN3O4S/c23-18-9-7-17(8-10-18)20-25-22(31(27,28)19-5-2-1-3-6-19)21(30-20)24-11-4-12-26-13-15-29-16-14-26/h1-3,5-10,24H,4,11-16H2. The normalized spacial score (nSPS) is 15.1. The van der Waals surface area contributed by atoms with Crippen LogP contribution in [-0.2, 0) is 14.6 Å². The molecule has 31 heavy (non-hydrogen) atoms. The third-order valence-corrected chi connectivity index (χ3v) is 7.24. The number of oxazole rings is 1. The first-order chi connectivity index (χ1) is 15.0. The molecule has 0 bridgehead atoms. The van der Waals surface area contributed by atoms with Crippen LogP contribution in [0.2, 0.25) is 0 Å². The molecule has 1 aromatic heterocycles. The van der Waals surface area contributed by atoms with E-state index in [4.69, 9.17) is 9.15 Å². The molecule has 1 saturated heterocycles. The van der Waals surface area contributed by atoms with Crippen molar-refractivity contribution in [3.05, 3.63) is 59.1 Å². The van der Waals surface area contributed by atoms with E-state index in [0.717, 1.165) is 43.7 Å². The predicted octanol–water partition coefficient (Wildman–Crippen LogP) is 4.07. The fourth-order valence-corrected chi connectivity index (χ4v) is 4.92. The molecule has 2 aromatic carbocycles. The van der Waals surface area contributed by atoms with Crippen molar-refractivity contribution in [2.75, 3.05) is 44.7 Å². The highest BCUT2D eigenvalue weighted by Crippen LogP contribution is 2.32. The number of hydrogen-bond acceptors (Lipinski definition) is 7. The lowest BCUT2D eigenvalue weighted by molar-refractivity contribution is 0.0378. The minimum absolute atomic E-state index is 0.0945. The van der Waals surface area contributed by atoms with Crippen LogP contribution in [0.15, 0.2) is 73.4 Å². The first kappa shape index (κ1) is 22.0. The van der Waals surface area contributed by atoms with Gasteiger partial charge in [0.1, 0.15) is 0 Å². The van der Waals surface area contributed by atoms with Crippen LogP contribution >= 0.6 is 15.9 Å². The average Bonchev–Trinajstić information content (AvgIpc) is 3.24. The number of nitrogens with zero attached hydrogens (tertiary/aromatic N) is 2. The molecule has 9 heteroatoms. The molecule has 1 aliphatic rings. The second kappa shape index (κ2) is 9.95. The Morgan fingerprint density at radius 1 is 1.03 bits per heavy atom. The van der Waals surface area contributed by atoms with Gasteiger partial charge in [0.2, 0.25) is 26.6 Å². The number of benzene rings is 2. The first-order valence-electron chi connectivity index (χ1n) is 10.1. The number of sulfone groups is 1. The van der Waals surface area contributed by atoms with Crippen molar-refractivity contribution in [1.29, 1.82) is 0 Å². The summed E-state index contributed by atoms with van der Waals surface area (Å²) in [7, 11) is -3.83. The van der Waals surface area contributed by atoms with E-state index in [2.05, 4.69) is 31.1 Å². The molecular weight excluding hydrogens is 482 g/mol. The van der Waals surface area contributed by atoms with Gasteiger partial charge in [0.05, 0.1) is 18.1 Å². The Hall–Kier alpha value is -2.20. The molecule has 0 atom stereocenters. The molecule has 1 aliphatic heterocycles. The maximum atomic E-state index is 13.2. The molecule has 2 heterocycles. The zero-order valence-corrected chi connectivity index (χ0v) is 19.4. The predicted molar refractivity (Wildman–Crippen MR) is 122 cm³/mol. The number of halogens is 1. The highest BCUT2D eigenvalue weighted by atomic mass is 79.9. The fraction of sp³-hybridized carbons (Fsp3) is 0.318. The van der Waals surface area contributed by atoms with Gasteiger partial charge >= 0.3 is 0 Å². The van der Waals surface area contributed by atoms with E-state index in [1.54, 1.807) is 30.3 Å². The lowest BCUT2D eigenvalue weighted by atomic mass is 10.2. The molecule has 0 saturated carbocycles. The Morgan fingerprint density at radius 2 is 1.74 bits per heavy atom. The van der Waals surface area contributed by atoms with Crippen LogP contribution in [0.5, 0.6) is 0 Å². The van der Waals surface area contributed by atoms with Crippen LogP contribution in [0.3, 0.4) is 0 Å². The minimum atomic E-state index is -3.83. The second-order valence-electron chi connectivity index (χ2n) is 7.21. The molecule has 0 amide bonds. The van der Waals surface area contributed by atoms with Crippen molar-refractivity contribution in [3.63, 3.8) is 0 Å². The zero-order chi connectivity index (χ0) is 21.7. The average molecular weight is 506 g/mol. The van der Waals surface area contributed by atoms with Crippen LogP contribution in [0.1, 0.15) is 6.42 Å². The molecule has 4 rings (SSSR count). The van der Waals surface area contributed by atoms with Crippen molar-refractivity contribution in [1.82, 2.24) is 9.88 Å². The van der Waals surface area contributed by atoms with E-state index in [-0.39, 0.29) is 21.7 Å². The number of aromatic nitrogens is 1. The lowest BCUT2D eigenvalue weighted by Crippen LogP contribution is -2.37. The maximum Gasteiger partial charge on any atom is 0.233 e. The van der Waals surface area contributed by atoms with Crippen molar-refractivity contribution in [3.8, 4) is 11.5 Å². The molecule has 1 fully saturated rings. The number of anilines is 1. The van der Waals surface area contributed by atoms with Crippen LogP contribution in [0.4, 0.5) is 5.88 Å². The summed E-state index contributed by atoms with van der Waals surface area (Å²) in [4.78, 5) is 6.88. The van der Waals surface area contributed by atoms with Gasteiger partial charge in [0.25, 0.3) is 0 Å². The highest BCUT2D eigenvalue weighted by Gasteiger charge is 2.28. The maximum absolute atomic E-state index is 13.2. The SMILES string of the molecule is O=S(=O)(c1ccccc1)c1nc(-c2ccc(Br)cc2)oc1NCCCN1CCOCC1. The van der Waals surface area contributed by atoms with Gasteiger partial charge in [-0.1, -0.05) is 34.1 Å². The van der Waals surface area contributed by atoms with Gasteiger partial charge in [-0.25, -0.2) is 8.42 Å². The Balaban J connectivity index is 1.57. The van der Waals surface area contributed by atoms with Crippen LogP contribution in [0.25, 0.3) is 11.5 Å². The first-order valence-corrected chi connectivity index (χ1v) is 12.4. The number of rotatable bonds is 8. The van der Waals surface area contributed by atoms with E-state index in [9.17, 15) is 8.42 Å². The molecule has 0 radical (unpaired) electrons. The summed E-state index contributed by atoms with van der Waals surface area (Å²) in [5, 5.41) is 3.06. The smallest absolute Gasteiger partial charge is 0.233 e. The topological polar surface area (TPSA) is 84.7 Å².